The Bertz CT molecular complexity index is 856. The predicted octanol–water partition coefficient (Wildman–Crippen LogP) is 6.21. The smallest absolute Gasteiger partial charge is 0.320 e. The fraction of sp³-hybridized carbons (Fsp3) is 0.481. The zero-order valence-corrected chi connectivity index (χ0v) is 19.6. The van der Waals surface area contributed by atoms with Crippen molar-refractivity contribution in [3.05, 3.63) is 66.2 Å². The molecule has 0 aliphatic carbocycles. The standard InChI is InChI=1S/C27H36N2O3/c1-4-5-6-7-12-17-23(20-25(30)32-24-18-13-9-14-19-24)29-26(21(2)28(3)27(29)31)22-15-10-8-11-16-22/h8-11,13-16,18-19,21,23,26H,4-7,12,17,20H2,1-3H3/t21-,23+,26-/m0/s1. The van der Waals surface area contributed by atoms with Gasteiger partial charge in [0.15, 0.2) is 0 Å². The highest BCUT2D eigenvalue weighted by molar-refractivity contribution is 5.80. The monoisotopic (exact) mass is 436 g/mol. The summed E-state index contributed by atoms with van der Waals surface area (Å²) in [4.78, 5) is 29.9. The molecule has 0 radical (unpaired) electrons. The molecule has 1 heterocycles. The van der Waals surface area contributed by atoms with Crippen LogP contribution in [0.25, 0.3) is 0 Å². The summed E-state index contributed by atoms with van der Waals surface area (Å²) < 4.78 is 5.59. The number of carbonyl (C=O) groups is 2. The van der Waals surface area contributed by atoms with Gasteiger partial charge in [0, 0.05) is 13.1 Å². The minimum absolute atomic E-state index is 0.0163. The van der Waals surface area contributed by atoms with Crippen molar-refractivity contribution in [1.29, 1.82) is 0 Å². The number of ether oxygens (including phenoxy) is 1. The third-order valence-corrected chi connectivity index (χ3v) is 6.44. The van der Waals surface area contributed by atoms with Crippen molar-refractivity contribution < 1.29 is 14.3 Å². The van der Waals surface area contributed by atoms with Crippen LogP contribution >= 0.6 is 0 Å². The topological polar surface area (TPSA) is 49.9 Å². The number of para-hydroxylation sites is 1. The fourth-order valence-electron chi connectivity index (χ4n) is 4.57. The van der Waals surface area contributed by atoms with E-state index in [9.17, 15) is 9.59 Å². The van der Waals surface area contributed by atoms with Crippen LogP contribution in [0.4, 0.5) is 4.79 Å². The Balaban J connectivity index is 1.80. The lowest BCUT2D eigenvalue weighted by molar-refractivity contribution is -0.135. The van der Waals surface area contributed by atoms with Gasteiger partial charge in [-0.1, -0.05) is 87.6 Å². The van der Waals surface area contributed by atoms with E-state index in [-0.39, 0.29) is 36.5 Å². The van der Waals surface area contributed by atoms with E-state index in [4.69, 9.17) is 4.74 Å². The number of carbonyl (C=O) groups excluding carboxylic acids is 2. The summed E-state index contributed by atoms with van der Waals surface area (Å²) in [6.07, 6.45) is 6.69. The molecule has 1 aliphatic rings. The quantitative estimate of drug-likeness (QED) is 0.239. The van der Waals surface area contributed by atoms with Gasteiger partial charge in [-0.15, -0.1) is 0 Å². The zero-order valence-electron chi connectivity index (χ0n) is 19.6. The van der Waals surface area contributed by atoms with Gasteiger partial charge in [0.2, 0.25) is 0 Å². The number of benzene rings is 2. The molecule has 1 aliphatic heterocycles. The molecule has 0 bridgehead atoms. The van der Waals surface area contributed by atoms with Crippen molar-refractivity contribution in [2.75, 3.05) is 7.05 Å². The molecule has 32 heavy (non-hydrogen) atoms. The first-order valence-electron chi connectivity index (χ1n) is 11.9. The van der Waals surface area contributed by atoms with Gasteiger partial charge in [-0.25, -0.2) is 4.79 Å². The molecule has 172 valence electrons. The minimum atomic E-state index is -0.295. The maximum Gasteiger partial charge on any atom is 0.320 e. The van der Waals surface area contributed by atoms with Gasteiger partial charge in [0.25, 0.3) is 0 Å². The number of esters is 1. The van der Waals surface area contributed by atoms with Crippen LogP contribution in [-0.2, 0) is 4.79 Å². The first kappa shape index (κ1) is 23.8. The summed E-state index contributed by atoms with van der Waals surface area (Å²) in [6, 6.07) is 19.0. The number of hydrogen-bond donors (Lipinski definition) is 0. The van der Waals surface area contributed by atoms with Crippen molar-refractivity contribution in [2.24, 2.45) is 0 Å². The highest BCUT2D eigenvalue weighted by Gasteiger charge is 2.45. The Kier molecular flexibility index (Phi) is 8.72. The summed E-state index contributed by atoms with van der Waals surface area (Å²) >= 11 is 0. The molecule has 2 aromatic carbocycles. The van der Waals surface area contributed by atoms with E-state index in [2.05, 4.69) is 26.0 Å². The minimum Gasteiger partial charge on any atom is -0.426 e. The van der Waals surface area contributed by atoms with E-state index < -0.39 is 0 Å². The second-order valence-corrected chi connectivity index (χ2v) is 8.74. The molecule has 5 heteroatoms. The highest BCUT2D eigenvalue weighted by Crippen LogP contribution is 2.38. The van der Waals surface area contributed by atoms with Crippen LogP contribution in [0.3, 0.4) is 0 Å². The molecule has 0 spiro atoms. The average Bonchev–Trinajstić information content (AvgIpc) is 3.03. The van der Waals surface area contributed by atoms with Crippen LogP contribution in [0.5, 0.6) is 5.75 Å². The fourth-order valence-corrected chi connectivity index (χ4v) is 4.57. The maximum atomic E-state index is 13.3. The summed E-state index contributed by atoms with van der Waals surface area (Å²) in [6.45, 7) is 4.28. The molecule has 0 saturated carbocycles. The molecule has 3 atom stereocenters. The molecule has 0 N–H and O–H groups in total. The van der Waals surface area contributed by atoms with Crippen LogP contribution in [0, 0.1) is 0 Å². The number of urea groups is 1. The number of unbranched alkanes of at least 4 members (excludes halogenated alkanes) is 4. The molecule has 0 unspecified atom stereocenters. The molecule has 1 fully saturated rings. The molecule has 0 aromatic heterocycles. The number of hydrogen-bond acceptors (Lipinski definition) is 3. The SMILES string of the molecule is CCCCCCC[C@H](CC(=O)Oc1ccccc1)N1C(=O)N(C)[C@@H](C)[C@H]1c1ccccc1. The van der Waals surface area contributed by atoms with Crippen LogP contribution < -0.4 is 4.74 Å². The van der Waals surface area contributed by atoms with Gasteiger partial charge in [0.05, 0.1) is 18.5 Å². The molecule has 3 rings (SSSR count). The van der Waals surface area contributed by atoms with Gasteiger partial charge in [0.1, 0.15) is 5.75 Å². The Morgan fingerprint density at radius 3 is 2.25 bits per heavy atom. The van der Waals surface area contributed by atoms with E-state index >= 15 is 0 Å². The van der Waals surface area contributed by atoms with E-state index in [0.29, 0.717) is 5.75 Å². The molecule has 2 aromatic rings. The third kappa shape index (κ3) is 5.90. The van der Waals surface area contributed by atoms with E-state index in [1.165, 1.54) is 19.3 Å². The summed E-state index contributed by atoms with van der Waals surface area (Å²) in [5.74, 6) is 0.244. The van der Waals surface area contributed by atoms with Gasteiger partial charge < -0.3 is 14.5 Å². The highest BCUT2D eigenvalue weighted by atomic mass is 16.5. The lowest BCUT2D eigenvalue weighted by Crippen LogP contribution is -2.41. The van der Waals surface area contributed by atoms with Gasteiger partial charge in [-0.3, -0.25) is 4.79 Å². The second-order valence-electron chi connectivity index (χ2n) is 8.74. The van der Waals surface area contributed by atoms with Crippen molar-refractivity contribution in [3.63, 3.8) is 0 Å². The Labute approximate surface area is 192 Å². The lowest BCUT2D eigenvalue weighted by Gasteiger charge is -2.33. The average molecular weight is 437 g/mol. The van der Waals surface area contributed by atoms with Crippen molar-refractivity contribution in [2.45, 2.75) is 76.9 Å². The Morgan fingerprint density at radius 2 is 1.59 bits per heavy atom. The molecule has 1 saturated heterocycles. The largest absolute Gasteiger partial charge is 0.426 e. The third-order valence-electron chi connectivity index (χ3n) is 6.44. The second kappa shape index (κ2) is 11.7. The first-order valence-corrected chi connectivity index (χ1v) is 11.9. The van der Waals surface area contributed by atoms with E-state index in [1.807, 2.05) is 48.3 Å². The predicted molar refractivity (Wildman–Crippen MR) is 128 cm³/mol. The van der Waals surface area contributed by atoms with Gasteiger partial charge in [-0.2, -0.15) is 0 Å². The zero-order chi connectivity index (χ0) is 22.9. The van der Waals surface area contributed by atoms with Crippen LogP contribution in [0.2, 0.25) is 0 Å². The number of likely N-dealkylation sites (N-methyl/N-ethyl adjacent to an activating group) is 1. The molecule has 2 amide bonds. The Morgan fingerprint density at radius 1 is 0.969 bits per heavy atom. The summed E-state index contributed by atoms with van der Waals surface area (Å²) in [5.41, 5.74) is 1.10. The summed E-state index contributed by atoms with van der Waals surface area (Å²) in [5, 5.41) is 0. The van der Waals surface area contributed by atoms with E-state index in [0.717, 1.165) is 24.8 Å². The number of nitrogens with zero attached hydrogens (tertiary/aromatic N) is 2. The van der Waals surface area contributed by atoms with Gasteiger partial charge >= 0.3 is 12.0 Å². The van der Waals surface area contributed by atoms with Crippen LogP contribution in [0.1, 0.15) is 70.4 Å². The summed E-state index contributed by atoms with van der Waals surface area (Å²) in [7, 11) is 1.85. The normalized spacial score (nSPS) is 19.3. The molecular weight excluding hydrogens is 400 g/mol. The van der Waals surface area contributed by atoms with Crippen LogP contribution in [-0.4, -0.2) is 40.9 Å². The molecular formula is C27H36N2O3. The van der Waals surface area contributed by atoms with Crippen LogP contribution in [0.15, 0.2) is 60.7 Å². The van der Waals surface area contributed by atoms with Gasteiger partial charge in [-0.05, 0) is 31.0 Å². The van der Waals surface area contributed by atoms with E-state index in [1.54, 1.807) is 17.0 Å². The Hall–Kier alpha value is -2.82. The first-order chi connectivity index (χ1) is 15.5. The number of rotatable bonds is 11. The number of amides is 2. The van der Waals surface area contributed by atoms with Crippen molar-refractivity contribution in [3.8, 4) is 5.75 Å². The molecule has 5 nitrogen and oxygen atoms in total. The maximum absolute atomic E-state index is 13.3. The van der Waals surface area contributed by atoms with Crippen molar-refractivity contribution in [1.82, 2.24) is 9.80 Å². The van der Waals surface area contributed by atoms with Crippen molar-refractivity contribution >= 4 is 12.0 Å². The lowest BCUT2D eigenvalue weighted by atomic mass is 9.96.